The smallest absolute Gasteiger partial charge is 0.244 e. The Kier molecular flexibility index (Phi) is 6.42. The third kappa shape index (κ3) is 4.60. The molecule has 3 heterocycles. The number of carbonyl (C=O) groups is 1. The maximum Gasteiger partial charge on any atom is 0.244 e. The maximum absolute atomic E-state index is 13.0. The molecule has 5 rings (SSSR count). The van der Waals surface area contributed by atoms with E-state index in [9.17, 15) is 4.79 Å². The largest absolute Gasteiger partial charge is 0.352 e. The highest BCUT2D eigenvalue weighted by atomic mass is 79.9. The Labute approximate surface area is 211 Å². The van der Waals surface area contributed by atoms with Crippen molar-refractivity contribution < 1.29 is 4.79 Å². The third-order valence-corrected chi connectivity index (χ3v) is 6.64. The van der Waals surface area contributed by atoms with Crippen LogP contribution in [0.1, 0.15) is 23.5 Å². The van der Waals surface area contributed by atoms with E-state index in [0.717, 1.165) is 27.2 Å². The van der Waals surface area contributed by atoms with Crippen LogP contribution in [-0.4, -0.2) is 32.0 Å². The average molecular weight is 532 g/mol. The molecule has 6 nitrogen and oxygen atoms in total. The van der Waals surface area contributed by atoms with Crippen molar-refractivity contribution in [2.75, 3.05) is 11.9 Å². The van der Waals surface area contributed by atoms with Gasteiger partial charge in [-0.15, -0.1) is 0 Å². The fourth-order valence-corrected chi connectivity index (χ4v) is 4.82. The fraction of sp³-hybridized carbons (Fsp3) is 0.115. The summed E-state index contributed by atoms with van der Waals surface area (Å²) in [4.78, 5) is 19.5. The van der Waals surface area contributed by atoms with Gasteiger partial charge in [0.1, 0.15) is 6.54 Å². The Morgan fingerprint density at radius 3 is 2.50 bits per heavy atom. The first kappa shape index (κ1) is 22.3. The number of nitrogens with one attached hydrogen (secondary N) is 2. The average Bonchev–Trinajstić information content (AvgIpc) is 3.45. The molecule has 34 heavy (non-hydrogen) atoms. The van der Waals surface area contributed by atoms with Gasteiger partial charge in [0, 0.05) is 33.9 Å². The Hall–Kier alpha value is -3.49. The number of aromatic nitrogens is 2. The van der Waals surface area contributed by atoms with Crippen LogP contribution < -0.4 is 10.6 Å². The zero-order chi connectivity index (χ0) is 23.5. The van der Waals surface area contributed by atoms with Gasteiger partial charge < -0.3 is 20.1 Å². The van der Waals surface area contributed by atoms with Crippen molar-refractivity contribution in [1.82, 2.24) is 19.8 Å². The Balaban J connectivity index is 1.51. The summed E-state index contributed by atoms with van der Waals surface area (Å²) < 4.78 is 3.14. The van der Waals surface area contributed by atoms with E-state index in [2.05, 4.69) is 54.3 Å². The molecule has 170 valence electrons. The summed E-state index contributed by atoms with van der Waals surface area (Å²) in [6.45, 7) is 0.111. The molecule has 1 aliphatic heterocycles. The number of nitrogens with zero attached hydrogens (tertiary/aromatic N) is 3. The molecule has 2 N–H and O–H groups in total. The molecule has 2 atom stereocenters. The van der Waals surface area contributed by atoms with E-state index in [1.807, 2.05) is 77.8 Å². The van der Waals surface area contributed by atoms with E-state index >= 15 is 0 Å². The lowest BCUT2D eigenvalue weighted by Gasteiger charge is -2.28. The molecule has 1 saturated heterocycles. The topological polar surface area (TPSA) is 62.2 Å². The minimum atomic E-state index is -0.234. The van der Waals surface area contributed by atoms with Gasteiger partial charge in [0.15, 0.2) is 5.11 Å². The van der Waals surface area contributed by atoms with Crippen LogP contribution in [0.2, 0.25) is 0 Å². The molecule has 0 spiro atoms. The van der Waals surface area contributed by atoms with E-state index in [-0.39, 0.29) is 24.5 Å². The van der Waals surface area contributed by atoms with Gasteiger partial charge in [-0.25, -0.2) is 0 Å². The van der Waals surface area contributed by atoms with E-state index in [0.29, 0.717) is 5.11 Å². The summed E-state index contributed by atoms with van der Waals surface area (Å²) in [7, 11) is 0. The van der Waals surface area contributed by atoms with Crippen molar-refractivity contribution in [1.29, 1.82) is 0 Å². The molecule has 0 aliphatic carbocycles. The summed E-state index contributed by atoms with van der Waals surface area (Å²) in [5, 5.41) is 6.90. The van der Waals surface area contributed by atoms with Crippen LogP contribution in [0, 0.1) is 0 Å². The molecular formula is C26H22BrN5OS. The summed E-state index contributed by atoms with van der Waals surface area (Å²) in [5.74, 6) is -0.135. The number of thiocarbonyl (C=S) groups is 1. The lowest BCUT2D eigenvalue weighted by molar-refractivity contribution is -0.116. The zero-order valence-electron chi connectivity index (χ0n) is 18.1. The minimum Gasteiger partial charge on any atom is -0.352 e. The van der Waals surface area contributed by atoms with Gasteiger partial charge in [-0.1, -0.05) is 40.2 Å². The van der Waals surface area contributed by atoms with Crippen LogP contribution in [0.3, 0.4) is 0 Å². The maximum atomic E-state index is 13.0. The second-order valence-corrected chi connectivity index (χ2v) is 9.25. The second kappa shape index (κ2) is 9.79. The van der Waals surface area contributed by atoms with Crippen molar-refractivity contribution in [3.8, 4) is 5.69 Å². The van der Waals surface area contributed by atoms with Gasteiger partial charge in [-0.3, -0.25) is 9.78 Å². The first-order chi connectivity index (χ1) is 16.6. The predicted molar refractivity (Wildman–Crippen MR) is 141 cm³/mol. The molecule has 0 radical (unpaired) electrons. The molecular weight excluding hydrogens is 510 g/mol. The molecule has 0 bridgehead atoms. The van der Waals surface area contributed by atoms with Gasteiger partial charge >= 0.3 is 0 Å². The normalized spacial score (nSPS) is 17.4. The highest BCUT2D eigenvalue weighted by Gasteiger charge is 2.42. The van der Waals surface area contributed by atoms with Crippen LogP contribution in [0.25, 0.3) is 5.69 Å². The first-order valence-electron chi connectivity index (χ1n) is 10.9. The highest BCUT2D eigenvalue weighted by molar-refractivity contribution is 9.10. The number of rotatable bonds is 6. The van der Waals surface area contributed by atoms with Gasteiger partial charge in [0.25, 0.3) is 0 Å². The molecule has 2 aromatic carbocycles. The van der Waals surface area contributed by atoms with Crippen LogP contribution in [0.4, 0.5) is 5.69 Å². The lowest BCUT2D eigenvalue weighted by atomic mass is 10.0. The van der Waals surface area contributed by atoms with Crippen molar-refractivity contribution >= 4 is 44.9 Å². The van der Waals surface area contributed by atoms with Crippen molar-refractivity contribution in [3.05, 3.63) is 113 Å². The van der Waals surface area contributed by atoms with Gasteiger partial charge in [-0.05, 0) is 72.9 Å². The zero-order valence-corrected chi connectivity index (χ0v) is 20.5. The summed E-state index contributed by atoms with van der Waals surface area (Å²) in [6.07, 6.45) is 3.80. The third-order valence-electron chi connectivity index (χ3n) is 5.76. The van der Waals surface area contributed by atoms with Crippen LogP contribution >= 0.6 is 28.1 Å². The predicted octanol–water partition coefficient (Wildman–Crippen LogP) is 5.25. The second-order valence-electron chi connectivity index (χ2n) is 7.95. The van der Waals surface area contributed by atoms with E-state index in [1.165, 1.54) is 0 Å². The molecule has 2 unspecified atom stereocenters. The minimum absolute atomic E-state index is 0.111. The highest BCUT2D eigenvalue weighted by Crippen LogP contribution is 2.39. The first-order valence-corrected chi connectivity index (χ1v) is 12.1. The number of anilines is 1. The van der Waals surface area contributed by atoms with E-state index in [4.69, 9.17) is 12.2 Å². The molecule has 1 aliphatic rings. The number of pyridine rings is 1. The van der Waals surface area contributed by atoms with Crippen molar-refractivity contribution in [3.63, 3.8) is 0 Å². The number of halogens is 1. The Morgan fingerprint density at radius 1 is 1.00 bits per heavy atom. The van der Waals surface area contributed by atoms with E-state index < -0.39 is 0 Å². The standard InChI is InChI=1S/C26H22BrN5OS/c27-18-11-13-20(14-12-18)31-16-6-10-22(31)25-24(21-9-4-5-15-28-21)30-26(34)32(25)17-23(33)29-19-7-2-1-3-8-19/h1-16,24-25H,17H2,(H,29,33)(H,30,34). The van der Waals surface area contributed by atoms with Crippen molar-refractivity contribution in [2.24, 2.45) is 0 Å². The summed E-state index contributed by atoms with van der Waals surface area (Å²) >= 11 is 9.23. The van der Waals surface area contributed by atoms with Crippen molar-refractivity contribution in [2.45, 2.75) is 12.1 Å². The monoisotopic (exact) mass is 531 g/mol. The number of hydrogen-bond donors (Lipinski definition) is 2. The molecule has 8 heteroatoms. The fourth-order valence-electron chi connectivity index (χ4n) is 4.25. The summed E-state index contributed by atoms with van der Waals surface area (Å²) in [5.41, 5.74) is 3.65. The lowest BCUT2D eigenvalue weighted by Crippen LogP contribution is -2.37. The molecule has 4 aromatic rings. The number of carbonyl (C=O) groups excluding carboxylic acids is 1. The SMILES string of the molecule is O=C(CN1C(=S)NC(c2ccccn2)C1c1cccn1-c1ccc(Br)cc1)Nc1ccccc1. The number of benzene rings is 2. The quantitative estimate of drug-likeness (QED) is 0.333. The number of para-hydroxylation sites is 1. The van der Waals surface area contributed by atoms with E-state index in [1.54, 1.807) is 6.20 Å². The Bertz CT molecular complexity index is 1290. The van der Waals surface area contributed by atoms with Gasteiger partial charge in [-0.2, -0.15) is 0 Å². The molecule has 1 fully saturated rings. The van der Waals surface area contributed by atoms with Crippen LogP contribution in [0.15, 0.2) is 102 Å². The Morgan fingerprint density at radius 2 is 1.76 bits per heavy atom. The molecule has 2 aromatic heterocycles. The number of hydrogen-bond acceptors (Lipinski definition) is 3. The summed E-state index contributed by atoms with van der Waals surface area (Å²) in [6, 6.07) is 27.0. The van der Waals surface area contributed by atoms with Crippen LogP contribution in [0.5, 0.6) is 0 Å². The van der Waals surface area contributed by atoms with Gasteiger partial charge in [0.05, 0.1) is 17.8 Å². The van der Waals surface area contributed by atoms with Gasteiger partial charge in [0.2, 0.25) is 5.91 Å². The molecule has 0 saturated carbocycles. The number of amides is 1. The molecule has 1 amide bonds. The van der Waals surface area contributed by atoms with Crippen LogP contribution in [-0.2, 0) is 4.79 Å².